The molecule has 1 aromatic heterocycles. The van der Waals surface area contributed by atoms with Crippen molar-refractivity contribution in [1.82, 2.24) is 4.98 Å². The number of nitrogens with zero attached hydrogens (tertiary/aromatic N) is 2. The molecule has 1 aliphatic heterocycles. The topological polar surface area (TPSA) is 42.1 Å². The molecule has 1 atom stereocenters. The van der Waals surface area contributed by atoms with Crippen molar-refractivity contribution in [3.05, 3.63) is 22.8 Å². The second-order valence-electron chi connectivity index (χ2n) is 4.34. The molecule has 4 heteroatoms. The Balaban J connectivity index is 2.25. The van der Waals surface area contributed by atoms with Gasteiger partial charge in [0.15, 0.2) is 0 Å². The lowest BCUT2D eigenvalue weighted by Crippen LogP contribution is -2.38. The van der Waals surface area contributed by atoms with Gasteiger partial charge in [-0.05, 0) is 38.3 Å². The Kier molecular flexibility index (Phi) is 3.66. The summed E-state index contributed by atoms with van der Waals surface area (Å²) in [5.41, 5.74) is 6.41. The first-order valence-electron chi connectivity index (χ1n) is 5.84. The van der Waals surface area contributed by atoms with Crippen LogP contribution in [0, 0.1) is 0 Å². The maximum Gasteiger partial charge on any atom is 0.129 e. The Morgan fingerprint density at radius 3 is 3.00 bits per heavy atom. The van der Waals surface area contributed by atoms with Crippen molar-refractivity contribution >= 4 is 17.4 Å². The highest BCUT2D eigenvalue weighted by atomic mass is 35.5. The van der Waals surface area contributed by atoms with Gasteiger partial charge in [-0.15, -0.1) is 0 Å². The van der Waals surface area contributed by atoms with E-state index >= 15 is 0 Å². The van der Waals surface area contributed by atoms with Gasteiger partial charge in [0, 0.05) is 19.1 Å². The van der Waals surface area contributed by atoms with Crippen molar-refractivity contribution in [2.45, 2.75) is 38.8 Å². The molecule has 0 amide bonds. The first-order chi connectivity index (χ1) is 7.72. The zero-order valence-electron chi connectivity index (χ0n) is 9.62. The lowest BCUT2D eigenvalue weighted by molar-refractivity contribution is 0.481. The van der Waals surface area contributed by atoms with E-state index in [4.69, 9.17) is 17.3 Å². The fraction of sp³-hybridized carbons (Fsp3) is 0.583. The second kappa shape index (κ2) is 5.02. The average Bonchev–Trinajstić information content (AvgIpc) is 2.31. The van der Waals surface area contributed by atoms with Gasteiger partial charge in [0.05, 0.1) is 10.7 Å². The van der Waals surface area contributed by atoms with Crippen LogP contribution in [-0.2, 0) is 6.54 Å². The lowest BCUT2D eigenvalue weighted by atomic mass is 10.0. The summed E-state index contributed by atoms with van der Waals surface area (Å²) in [5, 5.41) is 0.663. The number of pyridine rings is 1. The molecule has 0 bridgehead atoms. The molecule has 0 spiro atoms. The fourth-order valence-corrected chi connectivity index (χ4v) is 2.40. The summed E-state index contributed by atoms with van der Waals surface area (Å²) in [7, 11) is 0. The molecular formula is C12H18ClN3. The normalized spacial score (nSPS) is 21.2. The highest BCUT2D eigenvalue weighted by Crippen LogP contribution is 2.25. The zero-order chi connectivity index (χ0) is 11.5. The minimum Gasteiger partial charge on any atom is -0.354 e. The van der Waals surface area contributed by atoms with Crippen LogP contribution in [-0.4, -0.2) is 17.6 Å². The Morgan fingerprint density at radius 1 is 1.50 bits per heavy atom. The summed E-state index contributed by atoms with van der Waals surface area (Å²) < 4.78 is 0. The second-order valence-corrected chi connectivity index (χ2v) is 4.75. The van der Waals surface area contributed by atoms with E-state index in [2.05, 4.69) is 16.8 Å². The van der Waals surface area contributed by atoms with Gasteiger partial charge in [-0.1, -0.05) is 11.6 Å². The highest BCUT2D eigenvalue weighted by molar-refractivity contribution is 6.31. The van der Waals surface area contributed by atoms with Crippen LogP contribution >= 0.6 is 11.6 Å². The van der Waals surface area contributed by atoms with Crippen LogP contribution < -0.4 is 10.6 Å². The third kappa shape index (κ3) is 2.30. The Bertz CT molecular complexity index is 367. The maximum absolute atomic E-state index is 6.01. The van der Waals surface area contributed by atoms with Crippen molar-refractivity contribution in [2.24, 2.45) is 5.73 Å². The summed E-state index contributed by atoms with van der Waals surface area (Å²) >= 11 is 6.01. The third-order valence-electron chi connectivity index (χ3n) is 3.19. The number of hydrogen-bond donors (Lipinski definition) is 1. The Labute approximate surface area is 102 Å². The summed E-state index contributed by atoms with van der Waals surface area (Å²) in [5.74, 6) is 1.01. The van der Waals surface area contributed by atoms with Gasteiger partial charge in [0.1, 0.15) is 5.82 Å². The van der Waals surface area contributed by atoms with E-state index in [-0.39, 0.29) is 0 Å². The minimum atomic E-state index is 0.398. The lowest BCUT2D eigenvalue weighted by Gasteiger charge is -2.34. The smallest absolute Gasteiger partial charge is 0.129 e. The van der Waals surface area contributed by atoms with Crippen molar-refractivity contribution < 1.29 is 0 Å². The van der Waals surface area contributed by atoms with Crippen molar-refractivity contribution in [3.8, 4) is 0 Å². The molecule has 1 aliphatic rings. The SMILES string of the molecule is CC1CCCCN1c1ccc(Cl)c(CN)n1. The van der Waals surface area contributed by atoms with Crippen LogP contribution in [0.25, 0.3) is 0 Å². The molecule has 1 fully saturated rings. The fourth-order valence-electron chi connectivity index (χ4n) is 2.21. The summed E-state index contributed by atoms with van der Waals surface area (Å²) in [6.07, 6.45) is 3.80. The number of rotatable bonds is 2. The molecule has 16 heavy (non-hydrogen) atoms. The minimum absolute atomic E-state index is 0.398. The molecule has 1 saturated heterocycles. The molecule has 2 N–H and O–H groups in total. The van der Waals surface area contributed by atoms with Gasteiger partial charge in [0.25, 0.3) is 0 Å². The highest BCUT2D eigenvalue weighted by Gasteiger charge is 2.19. The molecule has 3 nitrogen and oxygen atoms in total. The molecule has 0 saturated carbocycles. The van der Waals surface area contributed by atoms with Gasteiger partial charge < -0.3 is 10.6 Å². The third-order valence-corrected chi connectivity index (χ3v) is 3.54. The Hall–Kier alpha value is -0.800. The quantitative estimate of drug-likeness (QED) is 0.863. The summed E-state index contributed by atoms with van der Waals surface area (Å²) in [4.78, 5) is 6.88. The van der Waals surface area contributed by atoms with Gasteiger partial charge >= 0.3 is 0 Å². The summed E-state index contributed by atoms with van der Waals surface area (Å²) in [6, 6.07) is 4.45. The van der Waals surface area contributed by atoms with E-state index in [0.717, 1.165) is 18.1 Å². The predicted molar refractivity (Wildman–Crippen MR) is 67.8 cm³/mol. The van der Waals surface area contributed by atoms with Crippen LogP contribution in [0.1, 0.15) is 31.9 Å². The molecule has 1 unspecified atom stereocenters. The van der Waals surface area contributed by atoms with Crippen LogP contribution in [0.2, 0.25) is 5.02 Å². The molecule has 2 heterocycles. The molecule has 1 aromatic rings. The first-order valence-corrected chi connectivity index (χ1v) is 6.22. The van der Waals surface area contributed by atoms with Gasteiger partial charge in [-0.25, -0.2) is 4.98 Å². The van der Waals surface area contributed by atoms with E-state index in [1.54, 1.807) is 0 Å². The van der Waals surface area contributed by atoms with Crippen molar-refractivity contribution in [2.75, 3.05) is 11.4 Å². The van der Waals surface area contributed by atoms with E-state index in [1.807, 2.05) is 12.1 Å². The predicted octanol–water partition coefficient (Wildman–Crippen LogP) is 2.57. The number of hydrogen-bond acceptors (Lipinski definition) is 3. The van der Waals surface area contributed by atoms with Gasteiger partial charge in [-0.2, -0.15) is 0 Å². The number of piperidine rings is 1. The number of aromatic nitrogens is 1. The van der Waals surface area contributed by atoms with E-state index in [0.29, 0.717) is 17.6 Å². The monoisotopic (exact) mass is 239 g/mol. The van der Waals surface area contributed by atoms with Gasteiger partial charge in [0.2, 0.25) is 0 Å². The number of anilines is 1. The molecular weight excluding hydrogens is 222 g/mol. The van der Waals surface area contributed by atoms with Gasteiger partial charge in [-0.3, -0.25) is 0 Å². The Morgan fingerprint density at radius 2 is 2.31 bits per heavy atom. The average molecular weight is 240 g/mol. The van der Waals surface area contributed by atoms with Crippen molar-refractivity contribution in [1.29, 1.82) is 0 Å². The van der Waals surface area contributed by atoms with Crippen molar-refractivity contribution in [3.63, 3.8) is 0 Å². The van der Waals surface area contributed by atoms with E-state index in [9.17, 15) is 0 Å². The number of halogens is 1. The standard InChI is InChI=1S/C12H18ClN3/c1-9-4-2-3-7-16(9)12-6-5-10(13)11(8-14)15-12/h5-6,9H,2-4,7-8,14H2,1H3. The molecule has 0 radical (unpaired) electrons. The molecule has 0 aromatic carbocycles. The maximum atomic E-state index is 6.01. The van der Waals surface area contributed by atoms with Crippen LogP contribution in [0.3, 0.4) is 0 Å². The zero-order valence-corrected chi connectivity index (χ0v) is 10.4. The van der Waals surface area contributed by atoms with E-state index < -0.39 is 0 Å². The molecule has 0 aliphatic carbocycles. The molecule has 88 valence electrons. The first kappa shape index (κ1) is 11.7. The van der Waals surface area contributed by atoms with Crippen LogP contribution in [0.15, 0.2) is 12.1 Å². The molecule has 2 rings (SSSR count). The largest absolute Gasteiger partial charge is 0.354 e. The number of nitrogens with two attached hydrogens (primary N) is 1. The summed E-state index contributed by atoms with van der Waals surface area (Å²) in [6.45, 7) is 3.73. The van der Waals surface area contributed by atoms with Crippen LogP contribution in [0.5, 0.6) is 0 Å². The van der Waals surface area contributed by atoms with Crippen LogP contribution in [0.4, 0.5) is 5.82 Å². The van der Waals surface area contributed by atoms with E-state index in [1.165, 1.54) is 19.3 Å².